The maximum Gasteiger partial charge on any atom is 0.227 e. The molecule has 1 saturated carbocycles. The molecule has 1 heterocycles. The number of nitrogens with zero attached hydrogens (tertiary/aromatic N) is 1. The smallest absolute Gasteiger partial charge is 0.227 e. The van der Waals surface area contributed by atoms with Gasteiger partial charge in [-0.15, -0.1) is 0 Å². The molecule has 1 aliphatic carbocycles. The number of carbonyl (C=O) groups is 2. The van der Waals surface area contributed by atoms with Gasteiger partial charge in [0.05, 0.1) is 5.92 Å². The molecule has 1 atom stereocenters. The van der Waals surface area contributed by atoms with Gasteiger partial charge in [0.25, 0.3) is 0 Å². The largest absolute Gasteiger partial charge is 0.353 e. The van der Waals surface area contributed by atoms with E-state index in [9.17, 15) is 9.59 Å². The van der Waals surface area contributed by atoms with E-state index in [0.717, 1.165) is 28.9 Å². The fraction of sp³-hybridized carbons (Fsp3) is 0.556. The maximum absolute atomic E-state index is 12.5. The molecule has 2 fully saturated rings. The average molecular weight is 379 g/mol. The quantitative estimate of drug-likeness (QED) is 0.874. The van der Waals surface area contributed by atoms with Gasteiger partial charge in [0.15, 0.2) is 0 Å². The van der Waals surface area contributed by atoms with E-state index >= 15 is 0 Å². The summed E-state index contributed by atoms with van der Waals surface area (Å²) in [6.45, 7) is 2.75. The minimum Gasteiger partial charge on any atom is -0.353 e. The Morgan fingerprint density at radius 3 is 2.48 bits per heavy atom. The molecule has 1 aromatic carbocycles. The van der Waals surface area contributed by atoms with Crippen molar-refractivity contribution in [1.82, 2.24) is 5.32 Å². The normalized spacial score (nSPS) is 28.0. The van der Waals surface area contributed by atoms with E-state index in [4.69, 9.17) is 0 Å². The summed E-state index contributed by atoms with van der Waals surface area (Å²) in [4.78, 5) is 26.4. The topological polar surface area (TPSA) is 49.4 Å². The summed E-state index contributed by atoms with van der Waals surface area (Å²) in [6, 6.07) is 7.93. The number of hydrogen-bond acceptors (Lipinski definition) is 2. The third kappa shape index (κ3) is 3.94. The van der Waals surface area contributed by atoms with Crippen LogP contribution in [0.2, 0.25) is 0 Å². The van der Waals surface area contributed by atoms with Crippen LogP contribution in [-0.4, -0.2) is 24.4 Å². The molecule has 3 rings (SSSR count). The van der Waals surface area contributed by atoms with Crippen molar-refractivity contribution >= 4 is 33.4 Å². The Morgan fingerprint density at radius 2 is 1.83 bits per heavy atom. The van der Waals surface area contributed by atoms with Crippen LogP contribution < -0.4 is 10.2 Å². The molecule has 0 bridgehead atoms. The molecule has 1 N–H and O–H groups in total. The lowest BCUT2D eigenvalue weighted by molar-refractivity contribution is -0.127. The van der Waals surface area contributed by atoms with Gasteiger partial charge in [-0.05, 0) is 55.9 Å². The van der Waals surface area contributed by atoms with Crippen LogP contribution in [0.4, 0.5) is 5.69 Å². The number of carbonyl (C=O) groups excluding carboxylic acids is 2. The molecule has 23 heavy (non-hydrogen) atoms. The second kappa shape index (κ2) is 7.04. The van der Waals surface area contributed by atoms with E-state index in [1.807, 2.05) is 24.3 Å². The van der Waals surface area contributed by atoms with Crippen LogP contribution in [0.1, 0.15) is 39.0 Å². The standard InChI is InChI=1S/C18H23BrN2O2/c1-12-2-6-15(7-3-12)20-18(23)13-10-17(22)21(11-13)16-8-4-14(19)5-9-16/h4-5,8-9,12-13,15H,2-3,6-7,10-11H2,1H3,(H,20,23)/t12?,13-,15?/m1/s1. The van der Waals surface area contributed by atoms with Gasteiger partial charge in [-0.1, -0.05) is 22.9 Å². The van der Waals surface area contributed by atoms with Crippen LogP contribution >= 0.6 is 15.9 Å². The van der Waals surface area contributed by atoms with Gasteiger partial charge in [-0.25, -0.2) is 0 Å². The molecular formula is C18H23BrN2O2. The molecule has 1 aliphatic heterocycles. The van der Waals surface area contributed by atoms with E-state index in [2.05, 4.69) is 28.2 Å². The van der Waals surface area contributed by atoms with Crippen LogP contribution in [0.5, 0.6) is 0 Å². The number of halogens is 1. The van der Waals surface area contributed by atoms with Crippen LogP contribution in [0.25, 0.3) is 0 Å². The van der Waals surface area contributed by atoms with Crippen LogP contribution in [0, 0.1) is 11.8 Å². The second-order valence-electron chi connectivity index (χ2n) is 6.85. The Labute approximate surface area is 145 Å². The summed E-state index contributed by atoms with van der Waals surface area (Å²) in [5.74, 6) is 0.608. The number of hydrogen-bond donors (Lipinski definition) is 1. The highest BCUT2D eigenvalue weighted by molar-refractivity contribution is 9.10. The molecule has 0 unspecified atom stereocenters. The highest BCUT2D eigenvalue weighted by Gasteiger charge is 2.36. The average Bonchev–Trinajstić information content (AvgIpc) is 2.92. The molecule has 2 amide bonds. The first kappa shape index (κ1) is 16.5. The fourth-order valence-corrected chi connectivity index (χ4v) is 3.74. The van der Waals surface area contributed by atoms with E-state index in [1.54, 1.807) is 4.90 Å². The minimum atomic E-state index is -0.231. The van der Waals surface area contributed by atoms with Crippen molar-refractivity contribution in [2.75, 3.05) is 11.4 Å². The summed E-state index contributed by atoms with van der Waals surface area (Å²) >= 11 is 3.40. The predicted octanol–water partition coefficient (Wildman–Crippen LogP) is 3.50. The monoisotopic (exact) mass is 378 g/mol. The lowest BCUT2D eigenvalue weighted by Gasteiger charge is -2.27. The van der Waals surface area contributed by atoms with Crippen molar-refractivity contribution < 1.29 is 9.59 Å². The van der Waals surface area contributed by atoms with Crippen LogP contribution in [0.15, 0.2) is 28.7 Å². The zero-order chi connectivity index (χ0) is 16.4. The van der Waals surface area contributed by atoms with Gasteiger partial charge < -0.3 is 10.2 Å². The predicted molar refractivity (Wildman–Crippen MR) is 94.2 cm³/mol. The third-order valence-corrected chi connectivity index (χ3v) is 5.53. The Hall–Kier alpha value is -1.36. The zero-order valence-corrected chi connectivity index (χ0v) is 15.0. The maximum atomic E-state index is 12.5. The molecule has 1 saturated heterocycles. The zero-order valence-electron chi connectivity index (χ0n) is 13.4. The lowest BCUT2D eigenvalue weighted by Crippen LogP contribution is -2.41. The molecule has 0 radical (unpaired) electrons. The molecular weight excluding hydrogens is 356 g/mol. The van der Waals surface area contributed by atoms with Gasteiger partial charge in [0.1, 0.15) is 0 Å². The number of rotatable bonds is 3. The summed E-state index contributed by atoms with van der Waals surface area (Å²) in [5.41, 5.74) is 0.861. The molecule has 5 heteroatoms. The first-order chi connectivity index (χ1) is 11.0. The van der Waals surface area contributed by atoms with Crippen molar-refractivity contribution in [2.45, 2.75) is 45.1 Å². The van der Waals surface area contributed by atoms with Crippen molar-refractivity contribution in [1.29, 1.82) is 0 Å². The molecule has 4 nitrogen and oxygen atoms in total. The molecule has 124 valence electrons. The van der Waals surface area contributed by atoms with Gasteiger partial charge >= 0.3 is 0 Å². The van der Waals surface area contributed by atoms with E-state index in [0.29, 0.717) is 13.0 Å². The van der Waals surface area contributed by atoms with Crippen molar-refractivity contribution in [3.63, 3.8) is 0 Å². The second-order valence-corrected chi connectivity index (χ2v) is 7.76. The summed E-state index contributed by atoms with van der Waals surface area (Å²) in [7, 11) is 0. The van der Waals surface area contributed by atoms with Crippen molar-refractivity contribution in [2.24, 2.45) is 11.8 Å². The van der Waals surface area contributed by atoms with Crippen molar-refractivity contribution in [3.05, 3.63) is 28.7 Å². The third-order valence-electron chi connectivity index (χ3n) is 5.00. The summed E-state index contributed by atoms with van der Waals surface area (Å²) in [5, 5.41) is 3.16. The van der Waals surface area contributed by atoms with Crippen molar-refractivity contribution in [3.8, 4) is 0 Å². The number of nitrogens with one attached hydrogen (secondary N) is 1. The molecule has 2 aliphatic rings. The van der Waals surface area contributed by atoms with E-state index < -0.39 is 0 Å². The van der Waals surface area contributed by atoms with Crippen LogP contribution in [-0.2, 0) is 9.59 Å². The first-order valence-electron chi connectivity index (χ1n) is 8.39. The lowest BCUT2D eigenvalue weighted by atomic mass is 9.87. The molecule has 0 spiro atoms. The number of amides is 2. The Balaban J connectivity index is 1.58. The minimum absolute atomic E-state index is 0.0322. The Kier molecular flexibility index (Phi) is 5.05. The van der Waals surface area contributed by atoms with Gasteiger partial charge in [-0.3, -0.25) is 9.59 Å². The van der Waals surface area contributed by atoms with Crippen LogP contribution in [0.3, 0.4) is 0 Å². The van der Waals surface area contributed by atoms with E-state index in [1.165, 1.54) is 12.8 Å². The number of benzene rings is 1. The SMILES string of the molecule is CC1CCC(NC(=O)[C@@H]2CC(=O)N(c3ccc(Br)cc3)C2)CC1. The highest BCUT2D eigenvalue weighted by atomic mass is 79.9. The highest BCUT2D eigenvalue weighted by Crippen LogP contribution is 2.28. The summed E-state index contributed by atoms with van der Waals surface area (Å²) in [6.07, 6.45) is 4.79. The van der Waals surface area contributed by atoms with Gasteiger partial charge in [-0.2, -0.15) is 0 Å². The molecule has 1 aromatic rings. The van der Waals surface area contributed by atoms with Gasteiger partial charge in [0, 0.05) is 29.2 Å². The first-order valence-corrected chi connectivity index (χ1v) is 9.18. The Morgan fingerprint density at radius 1 is 1.17 bits per heavy atom. The summed E-state index contributed by atoms with van der Waals surface area (Å²) < 4.78 is 0.980. The van der Waals surface area contributed by atoms with Gasteiger partial charge in [0.2, 0.25) is 11.8 Å². The Bertz CT molecular complexity index is 579. The fourth-order valence-electron chi connectivity index (χ4n) is 3.48. The molecule has 0 aromatic heterocycles. The number of anilines is 1. The van der Waals surface area contributed by atoms with E-state index in [-0.39, 0.29) is 23.8 Å².